The van der Waals surface area contributed by atoms with Crippen LogP contribution in [0.5, 0.6) is 0 Å². The molecule has 1 aromatic heterocycles. The highest BCUT2D eigenvalue weighted by Crippen LogP contribution is 2.22. The Morgan fingerprint density at radius 1 is 1.33 bits per heavy atom. The first kappa shape index (κ1) is 16.0. The molecular weight excluding hydrogens is 330 g/mol. The van der Waals surface area contributed by atoms with Crippen LogP contribution in [-0.2, 0) is 16.6 Å². The Balaban J connectivity index is 2.19. The summed E-state index contributed by atoms with van der Waals surface area (Å²) in [5.74, 6) is 5.15. The molecule has 0 amide bonds. The highest BCUT2D eigenvalue weighted by Gasteiger charge is 2.17. The van der Waals surface area contributed by atoms with Gasteiger partial charge in [0.25, 0.3) is 0 Å². The van der Waals surface area contributed by atoms with Gasteiger partial charge in [0.15, 0.2) is 0 Å². The smallest absolute Gasteiger partial charge is 0.242 e. The van der Waals surface area contributed by atoms with Gasteiger partial charge in [-0.05, 0) is 40.6 Å². The van der Waals surface area contributed by atoms with Crippen molar-refractivity contribution in [2.24, 2.45) is 0 Å². The van der Waals surface area contributed by atoms with Crippen molar-refractivity contribution in [2.75, 3.05) is 6.61 Å². The molecule has 2 N–H and O–H groups in total. The molecule has 0 fully saturated rings. The minimum atomic E-state index is -3.68. The van der Waals surface area contributed by atoms with Crippen molar-refractivity contribution in [1.29, 1.82) is 0 Å². The first-order valence-corrected chi connectivity index (χ1v) is 8.73. The van der Waals surface area contributed by atoms with Gasteiger partial charge in [-0.2, -0.15) is 11.3 Å². The summed E-state index contributed by atoms with van der Waals surface area (Å²) in [5, 5.41) is 12.5. The van der Waals surface area contributed by atoms with Crippen molar-refractivity contribution in [3.05, 3.63) is 51.2 Å². The number of nitrogens with one attached hydrogen (secondary N) is 1. The third-order valence-electron chi connectivity index (χ3n) is 2.58. The number of aliphatic hydroxyl groups excluding tert-OH is 1. The molecule has 0 atom stereocenters. The first-order valence-electron chi connectivity index (χ1n) is 5.93. The third-order valence-corrected chi connectivity index (χ3v) is 5.20. The molecule has 4 nitrogen and oxygen atoms in total. The van der Waals surface area contributed by atoms with E-state index in [2.05, 4.69) is 16.6 Å². The predicted molar refractivity (Wildman–Crippen MR) is 83.8 cm³/mol. The molecule has 0 saturated heterocycles. The number of hydrogen-bond acceptors (Lipinski definition) is 4. The summed E-state index contributed by atoms with van der Waals surface area (Å²) in [6.45, 7) is -0.0475. The second-order valence-electron chi connectivity index (χ2n) is 4.06. The van der Waals surface area contributed by atoms with E-state index in [-0.39, 0.29) is 23.1 Å². The van der Waals surface area contributed by atoms with Gasteiger partial charge in [0, 0.05) is 12.1 Å². The summed E-state index contributed by atoms with van der Waals surface area (Å²) in [4.78, 5) is 0.00828. The fourth-order valence-electron chi connectivity index (χ4n) is 1.59. The van der Waals surface area contributed by atoms with E-state index in [9.17, 15) is 8.42 Å². The van der Waals surface area contributed by atoms with E-state index in [1.807, 2.05) is 16.8 Å². The molecule has 0 radical (unpaired) electrons. The zero-order chi connectivity index (χ0) is 15.3. The number of benzene rings is 1. The Kier molecular flexibility index (Phi) is 5.39. The molecule has 21 heavy (non-hydrogen) atoms. The Morgan fingerprint density at radius 3 is 2.76 bits per heavy atom. The topological polar surface area (TPSA) is 66.4 Å². The molecule has 0 saturated carbocycles. The largest absolute Gasteiger partial charge is 0.384 e. The SMILES string of the molecule is O=S(=O)(NCc1ccsc1)c1ccc(C#CCO)cc1Cl. The number of rotatable bonds is 4. The van der Waals surface area contributed by atoms with Crippen LogP contribution in [0, 0.1) is 11.8 Å². The molecule has 7 heteroatoms. The van der Waals surface area contributed by atoms with Crippen molar-refractivity contribution >= 4 is 33.0 Å². The molecule has 1 heterocycles. The molecule has 110 valence electrons. The summed E-state index contributed by atoms with van der Waals surface area (Å²) in [5.41, 5.74) is 1.44. The zero-order valence-corrected chi connectivity index (χ0v) is 13.2. The molecule has 0 bridgehead atoms. The normalized spacial score (nSPS) is 11.0. The molecule has 0 aliphatic rings. The lowest BCUT2D eigenvalue weighted by molar-refractivity contribution is 0.350. The third kappa shape index (κ3) is 4.30. The van der Waals surface area contributed by atoms with Crippen LogP contribution in [0.2, 0.25) is 5.02 Å². The fourth-order valence-corrected chi connectivity index (χ4v) is 3.82. The molecule has 1 aromatic carbocycles. The maximum absolute atomic E-state index is 12.2. The van der Waals surface area contributed by atoms with Gasteiger partial charge in [0.05, 0.1) is 5.02 Å². The van der Waals surface area contributed by atoms with Crippen molar-refractivity contribution in [3.8, 4) is 11.8 Å². The van der Waals surface area contributed by atoms with Crippen molar-refractivity contribution in [3.63, 3.8) is 0 Å². The highest BCUT2D eigenvalue weighted by atomic mass is 35.5. The highest BCUT2D eigenvalue weighted by molar-refractivity contribution is 7.89. The van der Waals surface area contributed by atoms with E-state index in [1.54, 1.807) is 6.07 Å². The summed E-state index contributed by atoms with van der Waals surface area (Å²) in [6.07, 6.45) is 0. The van der Waals surface area contributed by atoms with E-state index in [0.717, 1.165) is 5.56 Å². The number of halogens is 1. The van der Waals surface area contributed by atoms with E-state index in [1.165, 1.54) is 23.5 Å². The summed E-state index contributed by atoms with van der Waals surface area (Å²) in [7, 11) is -3.68. The first-order chi connectivity index (χ1) is 10.0. The predicted octanol–water partition coefficient (Wildman–Crippen LogP) is 2.22. The minimum absolute atomic E-state index is 0.00828. The number of thiophene rings is 1. The van der Waals surface area contributed by atoms with Crippen molar-refractivity contribution in [2.45, 2.75) is 11.4 Å². The Labute approximate surface area is 132 Å². The Hall–Kier alpha value is -1.36. The van der Waals surface area contributed by atoms with Gasteiger partial charge in [-0.15, -0.1) is 0 Å². The monoisotopic (exact) mass is 341 g/mol. The molecule has 0 aliphatic heterocycles. The second-order valence-corrected chi connectivity index (χ2v) is 6.98. The molecule has 2 rings (SSSR count). The summed E-state index contributed by atoms with van der Waals surface area (Å²) in [6, 6.07) is 6.26. The van der Waals surface area contributed by atoms with Gasteiger partial charge >= 0.3 is 0 Å². The van der Waals surface area contributed by atoms with Crippen molar-refractivity contribution < 1.29 is 13.5 Å². The van der Waals surface area contributed by atoms with Crippen LogP contribution in [0.1, 0.15) is 11.1 Å². The van der Waals surface area contributed by atoms with Gasteiger partial charge in [0.1, 0.15) is 11.5 Å². The Morgan fingerprint density at radius 2 is 2.14 bits per heavy atom. The quantitative estimate of drug-likeness (QED) is 0.838. The minimum Gasteiger partial charge on any atom is -0.384 e. The average Bonchev–Trinajstić information content (AvgIpc) is 2.96. The van der Waals surface area contributed by atoms with E-state index in [4.69, 9.17) is 16.7 Å². The molecule has 2 aromatic rings. The number of aliphatic hydroxyl groups is 1. The molecular formula is C14H12ClNO3S2. The fraction of sp³-hybridized carbons (Fsp3) is 0.143. The lowest BCUT2D eigenvalue weighted by Crippen LogP contribution is -2.23. The standard InChI is InChI=1S/C14H12ClNO3S2/c15-13-8-11(2-1-6-17)3-4-14(13)21(18,19)16-9-12-5-7-20-10-12/h3-5,7-8,10,16-17H,6,9H2. The summed E-state index contributed by atoms with van der Waals surface area (Å²) < 4.78 is 26.9. The molecule has 0 spiro atoms. The maximum atomic E-state index is 12.2. The number of hydrogen-bond donors (Lipinski definition) is 2. The van der Waals surface area contributed by atoms with Crippen LogP contribution < -0.4 is 4.72 Å². The van der Waals surface area contributed by atoms with E-state index >= 15 is 0 Å². The van der Waals surface area contributed by atoms with Gasteiger partial charge in [-0.1, -0.05) is 23.4 Å². The van der Waals surface area contributed by atoms with Crippen LogP contribution in [0.3, 0.4) is 0 Å². The van der Waals surface area contributed by atoms with Gasteiger partial charge in [-0.3, -0.25) is 0 Å². The molecule has 0 aliphatic carbocycles. The van der Waals surface area contributed by atoms with Gasteiger partial charge in [0.2, 0.25) is 10.0 Å². The van der Waals surface area contributed by atoms with E-state index in [0.29, 0.717) is 5.56 Å². The van der Waals surface area contributed by atoms with Crippen LogP contribution in [0.15, 0.2) is 39.9 Å². The maximum Gasteiger partial charge on any atom is 0.242 e. The van der Waals surface area contributed by atoms with Gasteiger partial charge < -0.3 is 5.11 Å². The second kappa shape index (κ2) is 7.07. The van der Waals surface area contributed by atoms with Crippen LogP contribution in [0.4, 0.5) is 0 Å². The molecule has 0 unspecified atom stereocenters. The lowest BCUT2D eigenvalue weighted by atomic mass is 10.2. The van der Waals surface area contributed by atoms with Crippen LogP contribution in [-0.4, -0.2) is 20.1 Å². The van der Waals surface area contributed by atoms with Crippen molar-refractivity contribution in [1.82, 2.24) is 4.72 Å². The van der Waals surface area contributed by atoms with Gasteiger partial charge in [-0.25, -0.2) is 13.1 Å². The average molecular weight is 342 g/mol. The summed E-state index contributed by atoms with van der Waals surface area (Å²) >= 11 is 7.51. The lowest BCUT2D eigenvalue weighted by Gasteiger charge is -2.08. The van der Waals surface area contributed by atoms with E-state index < -0.39 is 10.0 Å². The zero-order valence-electron chi connectivity index (χ0n) is 10.8. The Bertz CT molecular complexity index is 774. The number of sulfonamides is 1. The van der Waals surface area contributed by atoms with Crippen LogP contribution in [0.25, 0.3) is 0 Å². The van der Waals surface area contributed by atoms with Crippen LogP contribution >= 0.6 is 22.9 Å².